The van der Waals surface area contributed by atoms with Crippen LogP contribution in [0.3, 0.4) is 0 Å². The Hall–Kier alpha value is -2.96. The molecule has 144 valence electrons. The van der Waals surface area contributed by atoms with Crippen molar-refractivity contribution in [3.8, 4) is 5.75 Å². The Labute approximate surface area is 157 Å². The second kappa shape index (κ2) is 9.66. The third-order valence-electron chi connectivity index (χ3n) is 3.77. The van der Waals surface area contributed by atoms with Gasteiger partial charge in [0, 0.05) is 5.69 Å². The number of oxime groups is 1. The fourth-order valence-corrected chi connectivity index (χ4v) is 2.45. The summed E-state index contributed by atoms with van der Waals surface area (Å²) < 4.78 is 28.4. The lowest BCUT2D eigenvalue weighted by Gasteiger charge is -2.16. The topological polar surface area (TPSA) is 59.9 Å². The Morgan fingerprint density at radius 1 is 1.19 bits per heavy atom. The summed E-state index contributed by atoms with van der Waals surface area (Å²) in [7, 11) is 0. The molecule has 7 heteroatoms. The predicted molar refractivity (Wildman–Crippen MR) is 101 cm³/mol. The molecule has 0 fully saturated rings. The summed E-state index contributed by atoms with van der Waals surface area (Å²) in [5.41, 5.74) is 3.44. The van der Waals surface area contributed by atoms with Crippen LogP contribution in [0.2, 0.25) is 0 Å². The van der Waals surface area contributed by atoms with Crippen molar-refractivity contribution in [1.29, 1.82) is 0 Å². The second-order valence-electron chi connectivity index (χ2n) is 6.20. The largest absolute Gasteiger partial charge is 0.435 e. The molecule has 0 saturated carbocycles. The number of alkyl halides is 2. The van der Waals surface area contributed by atoms with Crippen molar-refractivity contribution in [3.05, 3.63) is 59.2 Å². The zero-order valence-electron chi connectivity index (χ0n) is 15.4. The molecule has 0 aliphatic heterocycles. The zero-order chi connectivity index (χ0) is 19.8. The first-order chi connectivity index (χ1) is 12.9. The first-order valence-electron chi connectivity index (χ1n) is 8.46. The van der Waals surface area contributed by atoms with E-state index in [-0.39, 0.29) is 24.2 Å². The van der Waals surface area contributed by atoms with Crippen LogP contribution in [-0.2, 0) is 9.63 Å². The molecule has 2 aromatic rings. The molecule has 27 heavy (non-hydrogen) atoms. The molecule has 0 aliphatic rings. The van der Waals surface area contributed by atoms with E-state index in [2.05, 4.69) is 29.1 Å². The fourth-order valence-electron chi connectivity index (χ4n) is 2.45. The first kappa shape index (κ1) is 20.4. The van der Waals surface area contributed by atoms with Gasteiger partial charge in [-0.3, -0.25) is 4.79 Å². The molecule has 2 rings (SSSR count). The van der Waals surface area contributed by atoms with E-state index in [1.807, 2.05) is 25.1 Å². The minimum atomic E-state index is -2.86. The van der Waals surface area contributed by atoms with Crippen LogP contribution in [-0.4, -0.2) is 25.3 Å². The van der Waals surface area contributed by atoms with Crippen molar-refractivity contribution in [2.45, 2.75) is 33.3 Å². The molecule has 0 radical (unpaired) electrons. The van der Waals surface area contributed by atoms with Crippen LogP contribution in [0.5, 0.6) is 5.75 Å². The molecule has 0 heterocycles. The molecular weight excluding hydrogens is 354 g/mol. The highest BCUT2D eigenvalue weighted by molar-refractivity contribution is 5.93. The Morgan fingerprint density at radius 2 is 1.89 bits per heavy atom. The maximum atomic E-state index is 12.1. The number of para-hydroxylation sites is 1. The smallest absolute Gasteiger partial charge is 0.387 e. The Balaban J connectivity index is 1.87. The number of aryl methyl sites for hydroxylation is 1. The van der Waals surface area contributed by atoms with E-state index in [1.165, 1.54) is 18.3 Å². The number of hydrogen-bond acceptors (Lipinski definition) is 4. The number of rotatable bonds is 8. The highest BCUT2D eigenvalue weighted by atomic mass is 19.3. The van der Waals surface area contributed by atoms with Gasteiger partial charge in [-0.15, -0.1) is 0 Å². The van der Waals surface area contributed by atoms with Crippen LogP contribution >= 0.6 is 0 Å². The average Bonchev–Trinajstić information content (AvgIpc) is 2.61. The molecule has 0 spiro atoms. The van der Waals surface area contributed by atoms with Gasteiger partial charge in [-0.05, 0) is 53.8 Å². The van der Waals surface area contributed by atoms with Gasteiger partial charge in [-0.1, -0.05) is 37.2 Å². The van der Waals surface area contributed by atoms with E-state index in [9.17, 15) is 13.6 Å². The molecule has 1 N–H and O–H groups in total. The Bertz CT molecular complexity index is 790. The van der Waals surface area contributed by atoms with Crippen molar-refractivity contribution in [2.24, 2.45) is 5.16 Å². The van der Waals surface area contributed by atoms with Crippen molar-refractivity contribution < 1.29 is 23.1 Å². The third kappa shape index (κ3) is 6.36. The number of nitrogens with one attached hydrogen (secondary N) is 1. The normalized spacial score (nSPS) is 11.2. The van der Waals surface area contributed by atoms with E-state index in [0.29, 0.717) is 5.56 Å². The van der Waals surface area contributed by atoms with E-state index in [0.717, 1.165) is 16.8 Å². The maximum absolute atomic E-state index is 12.1. The molecule has 0 bridgehead atoms. The lowest BCUT2D eigenvalue weighted by atomic mass is 9.98. The van der Waals surface area contributed by atoms with Gasteiger partial charge in [0.1, 0.15) is 5.75 Å². The average molecular weight is 376 g/mol. The van der Waals surface area contributed by atoms with Crippen molar-refractivity contribution in [3.63, 3.8) is 0 Å². The monoisotopic (exact) mass is 376 g/mol. The van der Waals surface area contributed by atoms with Gasteiger partial charge in [0.15, 0.2) is 6.61 Å². The Morgan fingerprint density at radius 3 is 2.52 bits per heavy atom. The quantitative estimate of drug-likeness (QED) is 0.536. The lowest BCUT2D eigenvalue weighted by Crippen LogP contribution is -2.19. The SMILES string of the molecule is Cc1cccc(C(C)C)c1NC(=O)CO/N=C\c1ccc(OC(F)F)cc1. The van der Waals surface area contributed by atoms with Gasteiger partial charge in [0.2, 0.25) is 0 Å². The molecule has 0 atom stereocenters. The zero-order valence-corrected chi connectivity index (χ0v) is 15.4. The second-order valence-corrected chi connectivity index (χ2v) is 6.20. The number of benzene rings is 2. The number of carbonyl (C=O) groups is 1. The van der Waals surface area contributed by atoms with Crippen LogP contribution < -0.4 is 10.1 Å². The summed E-state index contributed by atoms with van der Waals surface area (Å²) in [6.45, 7) is 2.94. The molecule has 0 aliphatic carbocycles. The summed E-state index contributed by atoms with van der Waals surface area (Å²) in [6.07, 6.45) is 1.38. The van der Waals surface area contributed by atoms with Gasteiger partial charge in [-0.25, -0.2) is 0 Å². The summed E-state index contributed by atoms with van der Waals surface area (Å²) in [5.74, 6) is 0.0156. The minimum Gasteiger partial charge on any atom is -0.435 e. The first-order valence-corrected chi connectivity index (χ1v) is 8.46. The molecule has 5 nitrogen and oxygen atoms in total. The summed E-state index contributed by atoms with van der Waals surface area (Å²) in [5, 5.41) is 6.58. The van der Waals surface area contributed by atoms with Gasteiger partial charge in [0.25, 0.3) is 5.91 Å². The maximum Gasteiger partial charge on any atom is 0.387 e. The predicted octanol–water partition coefficient (Wildman–Crippen LogP) is 4.71. The molecule has 0 saturated heterocycles. The van der Waals surface area contributed by atoms with Crippen molar-refractivity contribution in [1.82, 2.24) is 0 Å². The molecule has 0 aromatic heterocycles. The molecule has 1 amide bonds. The Kier molecular flexibility index (Phi) is 7.28. The van der Waals surface area contributed by atoms with Gasteiger partial charge >= 0.3 is 6.61 Å². The van der Waals surface area contributed by atoms with Gasteiger partial charge < -0.3 is 14.9 Å². The molecule has 2 aromatic carbocycles. The standard InChI is InChI=1S/C20H22F2N2O3/c1-13(2)17-6-4-5-14(3)19(17)24-18(25)12-26-23-11-15-7-9-16(10-8-15)27-20(21)22/h4-11,13,20H,12H2,1-3H3,(H,24,25)/b23-11-. The van der Waals surface area contributed by atoms with Gasteiger partial charge in [-0.2, -0.15) is 8.78 Å². The minimum absolute atomic E-state index is 0.0571. The lowest BCUT2D eigenvalue weighted by molar-refractivity contribution is -0.120. The number of hydrogen-bond donors (Lipinski definition) is 1. The summed E-state index contributed by atoms with van der Waals surface area (Å²) in [4.78, 5) is 17.1. The van der Waals surface area contributed by atoms with Crippen LogP contribution in [0.1, 0.15) is 36.5 Å². The number of nitrogens with zero attached hydrogens (tertiary/aromatic N) is 1. The van der Waals surface area contributed by atoms with E-state index >= 15 is 0 Å². The van der Waals surface area contributed by atoms with Crippen LogP contribution in [0.15, 0.2) is 47.6 Å². The number of carbonyl (C=O) groups excluding carboxylic acids is 1. The van der Waals surface area contributed by atoms with Crippen LogP contribution in [0.25, 0.3) is 0 Å². The van der Waals surface area contributed by atoms with Crippen molar-refractivity contribution in [2.75, 3.05) is 11.9 Å². The molecule has 0 unspecified atom stereocenters. The fraction of sp³-hybridized carbons (Fsp3) is 0.300. The van der Waals surface area contributed by atoms with Crippen LogP contribution in [0.4, 0.5) is 14.5 Å². The van der Waals surface area contributed by atoms with E-state index < -0.39 is 6.61 Å². The van der Waals surface area contributed by atoms with E-state index in [1.54, 1.807) is 12.1 Å². The number of halogens is 2. The summed E-state index contributed by atoms with van der Waals surface area (Å²) >= 11 is 0. The van der Waals surface area contributed by atoms with Gasteiger partial charge in [0.05, 0.1) is 6.21 Å². The van der Waals surface area contributed by atoms with Crippen LogP contribution in [0, 0.1) is 6.92 Å². The van der Waals surface area contributed by atoms with Crippen molar-refractivity contribution >= 4 is 17.8 Å². The number of anilines is 1. The number of ether oxygens (including phenoxy) is 1. The van der Waals surface area contributed by atoms with E-state index in [4.69, 9.17) is 4.84 Å². The highest BCUT2D eigenvalue weighted by Crippen LogP contribution is 2.27. The highest BCUT2D eigenvalue weighted by Gasteiger charge is 2.12. The third-order valence-corrected chi connectivity index (χ3v) is 3.77. The molecular formula is C20H22F2N2O3. The number of amides is 1. The summed E-state index contributed by atoms with van der Waals surface area (Å²) in [6, 6.07) is 11.8.